The molecule has 1 aliphatic carbocycles. The molecule has 0 bridgehead atoms. The molecule has 0 amide bonds. The summed E-state index contributed by atoms with van der Waals surface area (Å²) >= 11 is 1.74. The molecule has 0 saturated carbocycles. The van der Waals surface area contributed by atoms with Gasteiger partial charge in [0.15, 0.2) is 29.1 Å². The Kier molecular flexibility index (Phi) is 7.67. The maximum atomic E-state index is 6.51. The fraction of sp³-hybridized carbons (Fsp3) is 0.0417. The highest BCUT2D eigenvalue weighted by Crippen LogP contribution is 2.43. The Morgan fingerprint density at radius 2 is 1.07 bits per heavy atom. The molecule has 264 valence electrons. The van der Waals surface area contributed by atoms with Crippen LogP contribution >= 0.6 is 11.3 Å². The van der Waals surface area contributed by atoms with Crippen molar-refractivity contribution in [2.45, 2.75) is 12.3 Å². The lowest BCUT2D eigenvalue weighted by molar-refractivity contribution is 0.506. The van der Waals surface area contributed by atoms with E-state index in [4.69, 9.17) is 34.3 Å². The largest absolute Gasteiger partial charge is 0.460 e. The molecule has 0 fully saturated rings. The van der Waals surface area contributed by atoms with Crippen molar-refractivity contribution in [1.29, 1.82) is 0 Å². The van der Waals surface area contributed by atoms with Crippen molar-refractivity contribution in [2.75, 3.05) is 0 Å². The van der Waals surface area contributed by atoms with E-state index in [1.165, 1.54) is 0 Å². The highest BCUT2D eigenvalue weighted by atomic mass is 32.1. The summed E-state index contributed by atoms with van der Waals surface area (Å²) in [6, 6.07) is 51.3. The monoisotopic (exact) mass is 738 g/mol. The van der Waals surface area contributed by atoms with Gasteiger partial charge in [0.2, 0.25) is 0 Å². The number of benzene rings is 6. The Balaban J connectivity index is 1.06. The van der Waals surface area contributed by atoms with Crippen LogP contribution in [0, 0.1) is 0 Å². The van der Waals surface area contributed by atoms with Crippen molar-refractivity contribution < 1.29 is 4.42 Å². The number of hydrogen-bond donors (Lipinski definition) is 0. The zero-order valence-electron chi connectivity index (χ0n) is 29.9. The molecule has 1 aliphatic rings. The van der Waals surface area contributed by atoms with Gasteiger partial charge in [-0.15, -0.1) is 11.3 Å². The van der Waals surface area contributed by atoms with Gasteiger partial charge < -0.3 is 4.42 Å². The summed E-state index contributed by atoms with van der Waals surface area (Å²) in [5.41, 5.74) is 6.64. The SMILES string of the molecule is C1=Cc2c(oc3ccccc23)C(c2nc(-c3ccccc3)nc(-c3cccc4sc5cc(-c6nc(-c7ccccc7)nc(-c7ccccc7)n6)ccc5c34)n2)C1. The van der Waals surface area contributed by atoms with Gasteiger partial charge in [-0.1, -0.05) is 146 Å². The number of thiophene rings is 1. The summed E-state index contributed by atoms with van der Waals surface area (Å²) in [6.07, 6.45) is 5.09. The topological polar surface area (TPSA) is 90.5 Å². The lowest BCUT2D eigenvalue weighted by Gasteiger charge is -2.18. The minimum Gasteiger partial charge on any atom is -0.460 e. The first-order valence-corrected chi connectivity index (χ1v) is 19.4. The molecular formula is C48H30N6OS. The average Bonchev–Trinajstić information content (AvgIpc) is 3.85. The van der Waals surface area contributed by atoms with E-state index in [1.807, 2.05) is 109 Å². The van der Waals surface area contributed by atoms with Gasteiger partial charge in [0.25, 0.3) is 0 Å². The van der Waals surface area contributed by atoms with Crippen molar-refractivity contribution in [3.8, 4) is 56.9 Å². The van der Waals surface area contributed by atoms with E-state index >= 15 is 0 Å². The van der Waals surface area contributed by atoms with Gasteiger partial charge in [0.1, 0.15) is 17.2 Å². The Morgan fingerprint density at radius 3 is 1.77 bits per heavy atom. The Hall–Kier alpha value is -7.16. The lowest BCUT2D eigenvalue weighted by Crippen LogP contribution is -2.11. The molecule has 11 rings (SSSR count). The molecule has 0 N–H and O–H groups in total. The van der Waals surface area contributed by atoms with Gasteiger partial charge in [-0.05, 0) is 24.6 Å². The summed E-state index contributed by atoms with van der Waals surface area (Å²) in [5, 5.41) is 3.32. The second-order valence-electron chi connectivity index (χ2n) is 13.8. The second-order valence-corrected chi connectivity index (χ2v) is 14.9. The first-order chi connectivity index (χ1) is 27.7. The van der Waals surface area contributed by atoms with E-state index < -0.39 is 0 Å². The summed E-state index contributed by atoms with van der Waals surface area (Å²) < 4.78 is 8.78. The van der Waals surface area contributed by atoms with Crippen LogP contribution in [0.5, 0.6) is 0 Å². The highest BCUT2D eigenvalue weighted by Gasteiger charge is 2.29. The molecular weight excluding hydrogens is 709 g/mol. The molecule has 56 heavy (non-hydrogen) atoms. The highest BCUT2D eigenvalue weighted by molar-refractivity contribution is 7.26. The van der Waals surface area contributed by atoms with E-state index in [-0.39, 0.29) is 5.92 Å². The van der Waals surface area contributed by atoms with E-state index in [0.29, 0.717) is 34.9 Å². The average molecular weight is 739 g/mol. The number of hydrogen-bond acceptors (Lipinski definition) is 8. The number of para-hydroxylation sites is 1. The van der Waals surface area contributed by atoms with E-state index in [9.17, 15) is 0 Å². The Labute approximate surface area is 325 Å². The fourth-order valence-electron chi connectivity index (χ4n) is 7.64. The lowest BCUT2D eigenvalue weighted by atomic mass is 9.91. The third-order valence-electron chi connectivity index (χ3n) is 10.3. The molecule has 0 radical (unpaired) electrons. The first-order valence-electron chi connectivity index (χ1n) is 18.6. The number of rotatable bonds is 6. The number of fused-ring (bicyclic) bond motifs is 6. The van der Waals surface area contributed by atoms with Crippen LogP contribution < -0.4 is 0 Å². The van der Waals surface area contributed by atoms with Crippen LogP contribution in [0.15, 0.2) is 162 Å². The first kappa shape index (κ1) is 32.3. The third-order valence-corrected chi connectivity index (χ3v) is 11.4. The van der Waals surface area contributed by atoms with Crippen LogP contribution in [-0.2, 0) is 0 Å². The molecule has 6 aromatic carbocycles. The molecule has 7 nitrogen and oxygen atoms in total. The van der Waals surface area contributed by atoms with E-state index in [2.05, 4.69) is 54.6 Å². The van der Waals surface area contributed by atoms with Crippen LogP contribution in [0.2, 0.25) is 0 Å². The summed E-state index contributed by atoms with van der Waals surface area (Å²) in [5.74, 6) is 4.58. The molecule has 10 aromatic rings. The second kappa shape index (κ2) is 13.3. The summed E-state index contributed by atoms with van der Waals surface area (Å²) in [6.45, 7) is 0. The van der Waals surface area contributed by atoms with Gasteiger partial charge >= 0.3 is 0 Å². The van der Waals surface area contributed by atoms with Gasteiger partial charge in [0.05, 0.1) is 5.92 Å². The van der Waals surface area contributed by atoms with Crippen LogP contribution in [0.3, 0.4) is 0 Å². The van der Waals surface area contributed by atoms with Crippen LogP contribution in [0.25, 0.3) is 94.2 Å². The van der Waals surface area contributed by atoms with Crippen molar-refractivity contribution >= 4 is 48.6 Å². The number of allylic oxidation sites excluding steroid dienone is 1. The van der Waals surface area contributed by atoms with E-state index in [1.54, 1.807) is 11.3 Å². The summed E-state index contributed by atoms with van der Waals surface area (Å²) in [7, 11) is 0. The molecule has 0 saturated heterocycles. The fourth-order valence-corrected chi connectivity index (χ4v) is 8.81. The quantitative estimate of drug-likeness (QED) is 0.168. The van der Waals surface area contributed by atoms with Crippen molar-refractivity contribution in [3.05, 3.63) is 175 Å². The van der Waals surface area contributed by atoms with Crippen molar-refractivity contribution in [2.24, 2.45) is 0 Å². The standard InChI is InChI=1S/C48H30N6OS/c1-4-14-29(15-5-1)43-49-44(30-16-6-2-7-17-30)51-46(50-43)32-26-27-35-40(28-32)56-39-25-13-22-36(41(35)39)47-52-45(31-18-8-3-9-19-31)53-48(54-47)37-23-12-21-34-33-20-10-11-24-38(33)55-42(34)37/h1-22,24-28,37H,23H2. The molecule has 1 atom stereocenters. The minimum absolute atomic E-state index is 0.158. The van der Waals surface area contributed by atoms with Crippen molar-refractivity contribution in [3.63, 3.8) is 0 Å². The van der Waals surface area contributed by atoms with Gasteiger partial charge in [-0.3, -0.25) is 0 Å². The predicted octanol–water partition coefficient (Wildman–Crippen LogP) is 12.1. The zero-order chi connectivity index (χ0) is 37.0. The zero-order valence-corrected chi connectivity index (χ0v) is 30.7. The molecule has 4 aromatic heterocycles. The predicted molar refractivity (Wildman–Crippen MR) is 225 cm³/mol. The minimum atomic E-state index is -0.158. The van der Waals surface area contributed by atoms with E-state index in [0.717, 1.165) is 76.7 Å². The van der Waals surface area contributed by atoms with Crippen LogP contribution in [0.4, 0.5) is 0 Å². The molecule has 8 heteroatoms. The molecule has 0 spiro atoms. The smallest absolute Gasteiger partial charge is 0.164 e. The van der Waals surface area contributed by atoms with Crippen LogP contribution in [-0.4, -0.2) is 29.9 Å². The van der Waals surface area contributed by atoms with Gasteiger partial charge in [0, 0.05) is 58.9 Å². The molecule has 0 aliphatic heterocycles. The normalized spacial score (nSPS) is 13.8. The Morgan fingerprint density at radius 1 is 0.482 bits per heavy atom. The van der Waals surface area contributed by atoms with Gasteiger partial charge in [-0.25, -0.2) is 29.9 Å². The maximum absolute atomic E-state index is 6.51. The number of aromatic nitrogens is 6. The third kappa shape index (κ3) is 5.58. The van der Waals surface area contributed by atoms with Crippen LogP contribution in [0.1, 0.15) is 29.5 Å². The molecule has 1 unspecified atom stereocenters. The Bertz CT molecular complexity index is 3060. The maximum Gasteiger partial charge on any atom is 0.164 e. The number of furan rings is 1. The summed E-state index contributed by atoms with van der Waals surface area (Å²) in [4.78, 5) is 30.4. The van der Waals surface area contributed by atoms with Gasteiger partial charge in [-0.2, -0.15) is 0 Å². The number of nitrogens with zero attached hydrogens (tertiary/aromatic N) is 6. The molecule has 4 heterocycles. The van der Waals surface area contributed by atoms with Crippen molar-refractivity contribution in [1.82, 2.24) is 29.9 Å².